The smallest absolute Gasteiger partial charge is 0.00533 e. The predicted octanol–water partition coefficient (Wildman–Crippen LogP) is 2.49. The zero-order valence-corrected chi connectivity index (χ0v) is 10.9. The van der Waals surface area contributed by atoms with Crippen LogP contribution in [-0.2, 0) is 0 Å². The van der Waals surface area contributed by atoms with Crippen molar-refractivity contribution in [2.75, 3.05) is 19.6 Å². The van der Waals surface area contributed by atoms with Crippen LogP contribution in [0.4, 0.5) is 0 Å². The highest BCUT2D eigenvalue weighted by atomic mass is 15.1. The summed E-state index contributed by atoms with van der Waals surface area (Å²) in [6, 6.07) is 1.36. The van der Waals surface area contributed by atoms with Gasteiger partial charge in [0.1, 0.15) is 0 Å². The van der Waals surface area contributed by atoms with Gasteiger partial charge in [-0.15, -0.1) is 0 Å². The van der Waals surface area contributed by atoms with Gasteiger partial charge in [-0.3, -0.25) is 0 Å². The molecule has 0 saturated carbocycles. The molecule has 1 saturated heterocycles. The summed E-state index contributed by atoms with van der Waals surface area (Å²) >= 11 is 0. The first-order chi connectivity index (χ1) is 7.08. The quantitative estimate of drug-likeness (QED) is 0.773. The normalized spacial score (nSPS) is 30.2. The van der Waals surface area contributed by atoms with E-state index in [1.54, 1.807) is 0 Å². The monoisotopic (exact) mass is 212 g/mol. The van der Waals surface area contributed by atoms with E-state index in [0.29, 0.717) is 12.1 Å². The Morgan fingerprint density at radius 1 is 1.13 bits per heavy atom. The molecule has 0 spiro atoms. The van der Waals surface area contributed by atoms with E-state index in [2.05, 4.69) is 37.9 Å². The first-order valence-electron chi connectivity index (χ1n) is 6.56. The number of nitrogens with zero attached hydrogens (tertiary/aromatic N) is 1. The Morgan fingerprint density at radius 2 is 1.67 bits per heavy atom. The van der Waals surface area contributed by atoms with Gasteiger partial charge in [0.15, 0.2) is 0 Å². The number of hydrogen-bond acceptors (Lipinski definition) is 2. The van der Waals surface area contributed by atoms with Crippen LogP contribution < -0.4 is 5.32 Å². The minimum atomic E-state index is 0.682. The van der Waals surface area contributed by atoms with Crippen LogP contribution in [0.2, 0.25) is 0 Å². The first kappa shape index (κ1) is 13.0. The zero-order chi connectivity index (χ0) is 11.3. The van der Waals surface area contributed by atoms with Gasteiger partial charge in [-0.25, -0.2) is 0 Å². The highest BCUT2D eigenvalue weighted by Crippen LogP contribution is 2.09. The number of hydrogen-bond donors (Lipinski definition) is 1. The van der Waals surface area contributed by atoms with Crippen LogP contribution in [0, 0.1) is 5.92 Å². The van der Waals surface area contributed by atoms with E-state index < -0.39 is 0 Å². The average Bonchev–Trinajstić information content (AvgIpc) is 2.13. The van der Waals surface area contributed by atoms with Gasteiger partial charge >= 0.3 is 0 Å². The summed E-state index contributed by atoms with van der Waals surface area (Å²) in [6.45, 7) is 13.1. The van der Waals surface area contributed by atoms with Crippen LogP contribution in [0.25, 0.3) is 0 Å². The van der Waals surface area contributed by atoms with Crippen LogP contribution in [0.1, 0.15) is 47.0 Å². The first-order valence-corrected chi connectivity index (χ1v) is 6.56. The molecule has 2 heteroatoms. The molecule has 2 atom stereocenters. The molecule has 2 nitrogen and oxygen atoms in total. The molecular weight excluding hydrogens is 184 g/mol. The van der Waals surface area contributed by atoms with Crippen molar-refractivity contribution in [1.29, 1.82) is 0 Å². The van der Waals surface area contributed by atoms with Crippen molar-refractivity contribution in [3.05, 3.63) is 0 Å². The van der Waals surface area contributed by atoms with Crippen molar-refractivity contribution in [3.8, 4) is 0 Å². The van der Waals surface area contributed by atoms with Gasteiger partial charge < -0.3 is 10.2 Å². The van der Waals surface area contributed by atoms with Crippen molar-refractivity contribution in [2.24, 2.45) is 5.92 Å². The van der Waals surface area contributed by atoms with Crippen LogP contribution in [0.15, 0.2) is 0 Å². The van der Waals surface area contributed by atoms with E-state index in [1.807, 2.05) is 0 Å². The highest BCUT2D eigenvalue weighted by molar-refractivity contribution is 4.75. The lowest BCUT2D eigenvalue weighted by Crippen LogP contribution is -2.43. The van der Waals surface area contributed by atoms with Crippen molar-refractivity contribution in [2.45, 2.75) is 59.0 Å². The predicted molar refractivity (Wildman–Crippen MR) is 67.2 cm³/mol. The number of rotatable bonds is 3. The molecule has 0 aromatic heterocycles. The summed E-state index contributed by atoms with van der Waals surface area (Å²) in [6.07, 6.45) is 3.93. The van der Waals surface area contributed by atoms with Crippen molar-refractivity contribution < 1.29 is 0 Å². The van der Waals surface area contributed by atoms with Gasteiger partial charge in [0.05, 0.1) is 0 Å². The molecule has 15 heavy (non-hydrogen) atoms. The van der Waals surface area contributed by atoms with Crippen LogP contribution in [-0.4, -0.2) is 36.6 Å². The molecule has 0 bridgehead atoms. The summed E-state index contributed by atoms with van der Waals surface area (Å²) in [7, 11) is 0. The summed E-state index contributed by atoms with van der Waals surface area (Å²) in [5, 5.41) is 3.64. The third kappa shape index (κ3) is 5.53. The third-order valence-electron chi connectivity index (χ3n) is 3.35. The Balaban J connectivity index is 2.30. The van der Waals surface area contributed by atoms with Crippen molar-refractivity contribution in [1.82, 2.24) is 10.2 Å². The fraction of sp³-hybridized carbons (Fsp3) is 1.00. The molecule has 1 aliphatic rings. The van der Waals surface area contributed by atoms with E-state index >= 15 is 0 Å². The van der Waals surface area contributed by atoms with Gasteiger partial charge in [-0.05, 0) is 58.7 Å². The Hall–Kier alpha value is -0.0800. The molecule has 0 amide bonds. The van der Waals surface area contributed by atoms with Gasteiger partial charge in [0, 0.05) is 12.1 Å². The van der Waals surface area contributed by atoms with Crippen LogP contribution in [0.5, 0.6) is 0 Å². The van der Waals surface area contributed by atoms with E-state index in [-0.39, 0.29) is 0 Å². The Kier molecular flexibility index (Phi) is 5.62. The van der Waals surface area contributed by atoms with Crippen molar-refractivity contribution >= 4 is 0 Å². The largest absolute Gasteiger partial charge is 0.312 e. The van der Waals surface area contributed by atoms with E-state index in [0.717, 1.165) is 5.92 Å². The summed E-state index contributed by atoms with van der Waals surface area (Å²) in [5.41, 5.74) is 0. The zero-order valence-electron chi connectivity index (χ0n) is 10.9. The third-order valence-corrected chi connectivity index (χ3v) is 3.35. The molecule has 1 aliphatic heterocycles. The topological polar surface area (TPSA) is 15.3 Å². The van der Waals surface area contributed by atoms with Gasteiger partial charge in [-0.1, -0.05) is 13.8 Å². The Bertz CT molecular complexity index is 153. The molecule has 0 aromatic rings. The molecule has 1 fully saturated rings. The minimum Gasteiger partial charge on any atom is -0.312 e. The lowest BCUT2D eigenvalue weighted by atomic mass is 10.1. The standard InChI is InChI=1S/C13H28N2/c1-11(2)5-8-15-9-6-12(3)14-13(4)7-10-15/h11-14H,5-10H2,1-4H3. The minimum absolute atomic E-state index is 0.682. The molecule has 0 aromatic carbocycles. The summed E-state index contributed by atoms with van der Waals surface area (Å²) in [4.78, 5) is 2.65. The molecule has 0 radical (unpaired) electrons. The van der Waals surface area contributed by atoms with Crippen LogP contribution in [0.3, 0.4) is 0 Å². The van der Waals surface area contributed by atoms with Crippen molar-refractivity contribution in [3.63, 3.8) is 0 Å². The lowest BCUT2D eigenvalue weighted by Gasteiger charge is -2.31. The summed E-state index contributed by atoms with van der Waals surface area (Å²) < 4.78 is 0. The maximum absolute atomic E-state index is 3.64. The molecule has 90 valence electrons. The molecule has 0 aliphatic carbocycles. The van der Waals surface area contributed by atoms with E-state index in [1.165, 1.54) is 38.9 Å². The molecule has 1 N–H and O–H groups in total. The molecule has 2 unspecified atom stereocenters. The average molecular weight is 212 g/mol. The second-order valence-corrected chi connectivity index (χ2v) is 5.57. The second kappa shape index (κ2) is 6.49. The SMILES string of the molecule is CC(C)CCN1CCC(C)NC(C)CC1. The molecule has 1 heterocycles. The van der Waals surface area contributed by atoms with Gasteiger partial charge in [0.25, 0.3) is 0 Å². The fourth-order valence-electron chi connectivity index (χ4n) is 2.18. The highest BCUT2D eigenvalue weighted by Gasteiger charge is 2.15. The summed E-state index contributed by atoms with van der Waals surface area (Å²) in [5.74, 6) is 0.836. The maximum Gasteiger partial charge on any atom is 0.00533 e. The van der Waals surface area contributed by atoms with Crippen LogP contribution >= 0.6 is 0 Å². The molecular formula is C13H28N2. The lowest BCUT2D eigenvalue weighted by molar-refractivity contribution is 0.209. The number of nitrogens with one attached hydrogen (secondary N) is 1. The van der Waals surface area contributed by atoms with E-state index in [9.17, 15) is 0 Å². The molecule has 1 rings (SSSR count). The second-order valence-electron chi connectivity index (χ2n) is 5.57. The van der Waals surface area contributed by atoms with E-state index in [4.69, 9.17) is 0 Å². The van der Waals surface area contributed by atoms with Gasteiger partial charge in [0.2, 0.25) is 0 Å². The Morgan fingerprint density at radius 3 is 2.13 bits per heavy atom. The Labute approximate surface area is 95.4 Å². The fourth-order valence-corrected chi connectivity index (χ4v) is 2.18. The van der Waals surface area contributed by atoms with Gasteiger partial charge in [-0.2, -0.15) is 0 Å². The maximum atomic E-state index is 3.64.